The van der Waals surface area contributed by atoms with Gasteiger partial charge in [0, 0.05) is 10.9 Å². The first-order valence-electron chi connectivity index (χ1n) is 11.9. The molecule has 3 aliphatic heterocycles. The van der Waals surface area contributed by atoms with E-state index in [0.717, 1.165) is 32.3 Å². The van der Waals surface area contributed by atoms with Crippen LogP contribution < -0.4 is 4.90 Å². The number of carbonyl (C=O) groups is 3. The number of hydrogen-bond acceptors (Lipinski definition) is 7. The summed E-state index contributed by atoms with van der Waals surface area (Å²) in [5.74, 6) is -2.18. The molecule has 38 heavy (non-hydrogen) atoms. The third-order valence-corrected chi connectivity index (χ3v) is 7.28. The van der Waals surface area contributed by atoms with Crippen molar-refractivity contribution in [1.82, 2.24) is 10.0 Å². The summed E-state index contributed by atoms with van der Waals surface area (Å²) in [6.07, 6.45) is 0.510. The van der Waals surface area contributed by atoms with Crippen LogP contribution in [0.2, 0.25) is 0 Å². The molecule has 0 radical (unpaired) electrons. The summed E-state index contributed by atoms with van der Waals surface area (Å²) in [6.45, 7) is -0.304. The van der Waals surface area contributed by atoms with Gasteiger partial charge in [0.2, 0.25) is 0 Å². The lowest BCUT2D eigenvalue weighted by atomic mass is 9.98. The third kappa shape index (κ3) is 4.18. The first-order chi connectivity index (χ1) is 18.4. The number of amides is 3. The van der Waals surface area contributed by atoms with Crippen LogP contribution in [0.15, 0.2) is 98.8 Å². The number of halogens is 2. The molecule has 1 fully saturated rings. The van der Waals surface area contributed by atoms with Crippen molar-refractivity contribution in [2.24, 2.45) is 15.4 Å². The van der Waals surface area contributed by atoms with Gasteiger partial charge in [-0.3, -0.25) is 19.4 Å². The molecule has 0 aliphatic carbocycles. The van der Waals surface area contributed by atoms with Crippen molar-refractivity contribution in [3.05, 3.63) is 100 Å². The summed E-state index contributed by atoms with van der Waals surface area (Å²) in [5, 5.41) is 15.3. The van der Waals surface area contributed by atoms with E-state index in [-0.39, 0.29) is 18.3 Å². The smallest absolute Gasteiger partial charge is 0.264 e. The maximum Gasteiger partial charge on any atom is 0.264 e. The average molecular weight is 575 g/mol. The van der Waals surface area contributed by atoms with Crippen molar-refractivity contribution in [3.63, 3.8) is 0 Å². The molecule has 3 amide bonds. The number of hydrogen-bond donors (Lipinski definition) is 0. The number of imide groups is 1. The fourth-order valence-corrected chi connectivity index (χ4v) is 5.19. The van der Waals surface area contributed by atoms with Crippen molar-refractivity contribution < 1.29 is 18.8 Å². The van der Waals surface area contributed by atoms with E-state index in [1.807, 2.05) is 54.6 Å². The second kappa shape index (κ2) is 9.56. The zero-order valence-corrected chi connectivity index (χ0v) is 21.4. The van der Waals surface area contributed by atoms with Crippen LogP contribution in [-0.4, -0.2) is 52.1 Å². The van der Waals surface area contributed by atoms with Gasteiger partial charge in [0.15, 0.2) is 12.1 Å². The van der Waals surface area contributed by atoms with Crippen molar-refractivity contribution >= 4 is 45.1 Å². The van der Waals surface area contributed by atoms with Crippen LogP contribution in [-0.2, 0) is 14.4 Å². The lowest BCUT2D eigenvalue weighted by Gasteiger charge is -2.25. The molecule has 0 unspecified atom stereocenters. The molecule has 0 N–H and O–H groups in total. The van der Waals surface area contributed by atoms with Gasteiger partial charge in [-0.1, -0.05) is 69.7 Å². The van der Waals surface area contributed by atoms with Crippen LogP contribution in [0, 0.1) is 5.82 Å². The number of carbonyl (C=O) groups excluding carboxylic acids is 3. The Morgan fingerprint density at radius 2 is 1.74 bits per heavy atom. The minimum atomic E-state index is -1.09. The molecule has 6 rings (SSSR count). The van der Waals surface area contributed by atoms with Gasteiger partial charge in [-0.15, -0.1) is 0 Å². The zero-order chi connectivity index (χ0) is 26.4. The topological polar surface area (TPSA) is 98.0 Å². The monoisotopic (exact) mass is 574 g/mol. The average Bonchev–Trinajstić information content (AvgIpc) is 3.60. The van der Waals surface area contributed by atoms with Gasteiger partial charge in [-0.2, -0.15) is 10.2 Å². The highest BCUT2D eigenvalue weighted by Crippen LogP contribution is 2.35. The Labute approximate surface area is 225 Å². The first-order valence-corrected chi connectivity index (χ1v) is 12.7. The maximum absolute atomic E-state index is 13.8. The Kier molecular flexibility index (Phi) is 6.07. The molecule has 1 saturated heterocycles. The Hall–Kier alpha value is -4.25. The van der Waals surface area contributed by atoms with E-state index in [4.69, 9.17) is 0 Å². The van der Waals surface area contributed by atoms with E-state index in [2.05, 4.69) is 31.4 Å². The van der Waals surface area contributed by atoms with Crippen molar-refractivity contribution in [1.29, 1.82) is 0 Å². The number of nitrogens with zero attached hydrogens (tertiary/aromatic N) is 6. The number of rotatable bonds is 5. The van der Waals surface area contributed by atoms with E-state index >= 15 is 0 Å². The summed E-state index contributed by atoms with van der Waals surface area (Å²) in [4.78, 5) is 40.7. The molecule has 190 valence electrons. The van der Waals surface area contributed by atoms with Crippen molar-refractivity contribution in [2.75, 3.05) is 11.4 Å². The second-order valence-corrected chi connectivity index (χ2v) is 10.0. The molecule has 0 saturated carbocycles. The molecule has 3 heterocycles. The normalized spacial score (nSPS) is 22.3. The quantitative estimate of drug-likeness (QED) is 0.425. The number of fused-ring (bicyclic) bond motifs is 1. The summed E-state index contributed by atoms with van der Waals surface area (Å²) in [7, 11) is 0. The number of hydrazone groups is 1. The summed E-state index contributed by atoms with van der Waals surface area (Å²) < 4.78 is 14.7. The predicted octanol–water partition coefficient (Wildman–Crippen LogP) is 4.26. The molecule has 3 aromatic rings. The first kappa shape index (κ1) is 24.1. The fraction of sp³-hybridized carbons (Fsp3) is 0.185. The van der Waals surface area contributed by atoms with Crippen LogP contribution in [0.1, 0.15) is 23.6 Å². The van der Waals surface area contributed by atoms with Crippen molar-refractivity contribution in [2.45, 2.75) is 24.5 Å². The van der Waals surface area contributed by atoms with Gasteiger partial charge in [0.1, 0.15) is 12.4 Å². The fourth-order valence-electron chi connectivity index (χ4n) is 4.93. The van der Waals surface area contributed by atoms with Crippen LogP contribution in [0.25, 0.3) is 0 Å². The highest BCUT2D eigenvalue weighted by atomic mass is 79.9. The van der Waals surface area contributed by atoms with Gasteiger partial charge >= 0.3 is 0 Å². The molecule has 3 aromatic carbocycles. The van der Waals surface area contributed by atoms with Gasteiger partial charge in [-0.25, -0.2) is 14.3 Å². The maximum atomic E-state index is 13.8. The molecule has 0 spiro atoms. The SMILES string of the molecule is O=C1[C@H]2N=NN(CC(=O)N3N=C(c4ccc(Br)cc4)C[C@@H]3c3ccccc3)[C@@H]2C(=O)N1c1cccc(F)c1. The largest absolute Gasteiger partial charge is 0.271 e. The van der Waals surface area contributed by atoms with Gasteiger partial charge in [0.05, 0.1) is 17.4 Å². The van der Waals surface area contributed by atoms with Gasteiger partial charge in [0.25, 0.3) is 17.7 Å². The van der Waals surface area contributed by atoms with Crippen LogP contribution in [0.5, 0.6) is 0 Å². The Bertz CT molecular complexity index is 1500. The minimum absolute atomic E-state index is 0.114. The minimum Gasteiger partial charge on any atom is -0.271 e. The summed E-state index contributed by atoms with van der Waals surface area (Å²) >= 11 is 3.44. The molecular weight excluding hydrogens is 555 g/mol. The van der Waals surface area contributed by atoms with Crippen LogP contribution in [0.3, 0.4) is 0 Å². The number of anilines is 1. The van der Waals surface area contributed by atoms with Gasteiger partial charge in [-0.05, 0) is 41.5 Å². The standard InChI is InChI=1S/C27H20BrFN6O3/c28-18-11-9-16(10-12-18)21-14-22(17-5-2-1-3-6-17)35(31-21)23(36)15-33-25-24(30-32-33)26(37)34(27(25)38)20-8-4-7-19(29)13-20/h1-13,22,24-25H,14-15H2/t22-,24+,25+/m1/s1. The van der Waals surface area contributed by atoms with Gasteiger partial charge < -0.3 is 0 Å². The summed E-state index contributed by atoms with van der Waals surface area (Å²) in [5.41, 5.74) is 2.68. The second-order valence-electron chi connectivity index (χ2n) is 9.11. The third-order valence-electron chi connectivity index (χ3n) is 6.75. The predicted molar refractivity (Wildman–Crippen MR) is 139 cm³/mol. The summed E-state index contributed by atoms with van der Waals surface area (Å²) in [6, 6.07) is 20.0. The van der Waals surface area contributed by atoms with E-state index < -0.39 is 35.6 Å². The molecule has 3 aliphatic rings. The highest BCUT2D eigenvalue weighted by molar-refractivity contribution is 9.10. The number of benzene rings is 3. The lowest BCUT2D eigenvalue weighted by Crippen LogP contribution is -2.44. The Morgan fingerprint density at radius 3 is 2.47 bits per heavy atom. The van der Waals surface area contributed by atoms with E-state index in [1.165, 1.54) is 28.2 Å². The van der Waals surface area contributed by atoms with Crippen molar-refractivity contribution in [3.8, 4) is 0 Å². The molecule has 0 bridgehead atoms. The van der Waals surface area contributed by atoms with E-state index in [9.17, 15) is 18.8 Å². The van der Waals surface area contributed by atoms with Crippen LogP contribution in [0.4, 0.5) is 10.1 Å². The van der Waals surface area contributed by atoms with Crippen LogP contribution >= 0.6 is 15.9 Å². The zero-order valence-electron chi connectivity index (χ0n) is 19.8. The Morgan fingerprint density at radius 1 is 0.974 bits per heavy atom. The van der Waals surface area contributed by atoms with E-state index in [0.29, 0.717) is 6.42 Å². The lowest BCUT2D eigenvalue weighted by molar-refractivity contribution is -0.135. The molecule has 0 aromatic heterocycles. The van der Waals surface area contributed by atoms with E-state index in [1.54, 1.807) is 0 Å². The molecule has 9 nitrogen and oxygen atoms in total. The molecular formula is C27H20BrFN6O3. The Balaban J connectivity index is 1.26. The molecule has 3 atom stereocenters. The highest BCUT2D eigenvalue weighted by Gasteiger charge is 2.55. The molecule has 11 heteroatoms.